The molecule has 0 aliphatic rings. The van der Waals surface area contributed by atoms with Crippen molar-refractivity contribution < 1.29 is 15.0 Å². The summed E-state index contributed by atoms with van der Waals surface area (Å²) in [4.78, 5) is 11.7. The van der Waals surface area contributed by atoms with Crippen molar-refractivity contribution in [3.05, 3.63) is 23.8 Å². The number of carbonyl (C=O) groups is 1. The predicted octanol–water partition coefficient (Wildman–Crippen LogP) is 0.565. The Morgan fingerprint density at radius 2 is 2.19 bits per heavy atom. The first-order valence-corrected chi connectivity index (χ1v) is 5.07. The summed E-state index contributed by atoms with van der Waals surface area (Å²) in [6, 6.07) is 3.80. The molecule has 0 bridgehead atoms. The van der Waals surface area contributed by atoms with Gasteiger partial charge in [0.15, 0.2) is 0 Å². The van der Waals surface area contributed by atoms with E-state index in [2.05, 4.69) is 5.32 Å². The van der Waals surface area contributed by atoms with Gasteiger partial charge >= 0.3 is 0 Å². The van der Waals surface area contributed by atoms with E-state index in [0.717, 1.165) is 6.07 Å². The van der Waals surface area contributed by atoms with Crippen molar-refractivity contribution in [1.82, 2.24) is 5.32 Å². The number of phenols is 2. The van der Waals surface area contributed by atoms with E-state index in [0.29, 0.717) is 13.0 Å². The maximum absolute atomic E-state index is 11.7. The third-order valence-electron chi connectivity index (χ3n) is 2.20. The molecule has 0 spiro atoms. The lowest BCUT2D eigenvalue weighted by Crippen LogP contribution is -2.34. The van der Waals surface area contributed by atoms with Gasteiger partial charge in [0.2, 0.25) is 0 Å². The van der Waals surface area contributed by atoms with Crippen molar-refractivity contribution in [1.29, 1.82) is 0 Å². The number of phenolic OH excluding ortho intramolecular Hbond substituents is 2. The monoisotopic (exact) mass is 224 g/mol. The molecule has 0 fully saturated rings. The minimum Gasteiger partial charge on any atom is -0.508 e. The van der Waals surface area contributed by atoms with E-state index in [1.54, 1.807) is 0 Å². The van der Waals surface area contributed by atoms with Crippen molar-refractivity contribution in [3.8, 4) is 11.5 Å². The summed E-state index contributed by atoms with van der Waals surface area (Å²) in [5.41, 5.74) is 5.50. The van der Waals surface area contributed by atoms with Gasteiger partial charge in [-0.3, -0.25) is 4.79 Å². The van der Waals surface area contributed by atoms with Crippen molar-refractivity contribution in [3.63, 3.8) is 0 Å². The van der Waals surface area contributed by atoms with Crippen LogP contribution in [0, 0.1) is 0 Å². The first-order chi connectivity index (χ1) is 7.54. The maximum Gasteiger partial charge on any atom is 0.255 e. The minimum absolute atomic E-state index is 0.0503. The zero-order valence-electron chi connectivity index (χ0n) is 9.10. The van der Waals surface area contributed by atoms with Crippen LogP contribution in [0.25, 0.3) is 0 Å². The third kappa shape index (κ3) is 3.13. The van der Waals surface area contributed by atoms with Crippen molar-refractivity contribution in [2.45, 2.75) is 19.4 Å². The van der Waals surface area contributed by atoms with Crippen LogP contribution >= 0.6 is 0 Å². The molecule has 1 rings (SSSR count). The molecule has 0 saturated heterocycles. The fraction of sp³-hybridized carbons (Fsp3) is 0.364. The van der Waals surface area contributed by atoms with Crippen LogP contribution in [-0.2, 0) is 0 Å². The number of carbonyl (C=O) groups excluding carboxylic acids is 1. The van der Waals surface area contributed by atoms with Crippen LogP contribution in [0.1, 0.15) is 23.7 Å². The minimum atomic E-state index is -0.376. The molecule has 5 nitrogen and oxygen atoms in total. The van der Waals surface area contributed by atoms with E-state index < -0.39 is 0 Å². The van der Waals surface area contributed by atoms with E-state index in [1.165, 1.54) is 12.1 Å². The number of nitrogens with one attached hydrogen (secondary N) is 1. The molecule has 1 amide bonds. The number of hydrogen-bond donors (Lipinski definition) is 4. The smallest absolute Gasteiger partial charge is 0.255 e. The van der Waals surface area contributed by atoms with E-state index in [-0.39, 0.29) is 29.0 Å². The highest BCUT2D eigenvalue weighted by Crippen LogP contribution is 2.22. The van der Waals surface area contributed by atoms with Crippen molar-refractivity contribution in [2.24, 2.45) is 5.73 Å². The Hall–Kier alpha value is -1.75. The van der Waals surface area contributed by atoms with Gasteiger partial charge in [0.05, 0.1) is 5.56 Å². The largest absolute Gasteiger partial charge is 0.508 e. The molecule has 0 aromatic heterocycles. The van der Waals surface area contributed by atoms with Crippen LogP contribution in [0.4, 0.5) is 0 Å². The first kappa shape index (κ1) is 12.3. The zero-order valence-corrected chi connectivity index (χ0v) is 9.10. The highest BCUT2D eigenvalue weighted by Gasteiger charge is 2.13. The number of nitrogens with two attached hydrogens (primary N) is 1. The average molecular weight is 224 g/mol. The molecule has 0 aliphatic carbocycles. The van der Waals surface area contributed by atoms with E-state index in [9.17, 15) is 9.90 Å². The van der Waals surface area contributed by atoms with Gasteiger partial charge in [0.1, 0.15) is 11.5 Å². The van der Waals surface area contributed by atoms with Gasteiger partial charge in [0.25, 0.3) is 5.91 Å². The Morgan fingerprint density at radius 1 is 1.50 bits per heavy atom. The van der Waals surface area contributed by atoms with Gasteiger partial charge in [-0.1, -0.05) is 0 Å². The molecule has 0 saturated carbocycles. The molecule has 88 valence electrons. The molecule has 5 heteroatoms. The molecule has 0 heterocycles. The van der Waals surface area contributed by atoms with Gasteiger partial charge in [-0.05, 0) is 32.0 Å². The molecule has 1 aromatic carbocycles. The maximum atomic E-state index is 11.7. The van der Waals surface area contributed by atoms with E-state index in [1.807, 2.05) is 6.92 Å². The first-order valence-electron chi connectivity index (χ1n) is 5.07. The highest BCUT2D eigenvalue weighted by molar-refractivity contribution is 5.97. The lowest BCUT2D eigenvalue weighted by atomic mass is 10.1. The second-order valence-corrected chi connectivity index (χ2v) is 3.65. The normalized spacial score (nSPS) is 12.1. The summed E-state index contributed by atoms with van der Waals surface area (Å²) in [5, 5.41) is 21.2. The summed E-state index contributed by atoms with van der Waals surface area (Å²) < 4.78 is 0. The second kappa shape index (κ2) is 5.37. The molecular weight excluding hydrogens is 208 g/mol. The second-order valence-electron chi connectivity index (χ2n) is 3.65. The lowest BCUT2D eigenvalue weighted by Gasteiger charge is -2.13. The zero-order chi connectivity index (χ0) is 12.1. The van der Waals surface area contributed by atoms with Crippen LogP contribution < -0.4 is 11.1 Å². The Labute approximate surface area is 93.9 Å². The number of amides is 1. The van der Waals surface area contributed by atoms with Gasteiger partial charge in [-0.25, -0.2) is 0 Å². The molecule has 16 heavy (non-hydrogen) atoms. The fourth-order valence-corrected chi connectivity index (χ4v) is 1.34. The highest BCUT2D eigenvalue weighted by atomic mass is 16.3. The van der Waals surface area contributed by atoms with E-state index >= 15 is 0 Å². The number of aromatic hydroxyl groups is 2. The van der Waals surface area contributed by atoms with Crippen LogP contribution in [0.5, 0.6) is 11.5 Å². The number of benzene rings is 1. The van der Waals surface area contributed by atoms with Crippen LogP contribution in [0.3, 0.4) is 0 Å². The number of rotatable bonds is 4. The summed E-state index contributed by atoms with van der Waals surface area (Å²) in [5.74, 6) is -0.694. The predicted molar refractivity (Wildman–Crippen MR) is 60.4 cm³/mol. The molecule has 0 aliphatic heterocycles. The Bertz CT molecular complexity index is 379. The molecule has 1 unspecified atom stereocenters. The molecule has 5 N–H and O–H groups in total. The topological polar surface area (TPSA) is 95.6 Å². The average Bonchev–Trinajstić information content (AvgIpc) is 2.17. The summed E-state index contributed by atoms with van der Waals surface area (Å²) in [6.07, 6.45) is 0.671. The Balaban J connectivity index is 2.73. The summed E-state index contributed by atoms with van der Waals surface area (Å²) in [6.45, 7) is 2.32. The SMILES string of the molecule is CC(CCN)NC(=O)c1ccc(O)cc1O. The standard InChI is InChI=1S/C11H16N2O3/c1-7(4-5-12)13-11(16)9-3-2-8(14)6-10(9)15/h2-3,6-7,14-15H,4-5,12H2,1H3,(H,13,16). The molecule has 0 radical (unpaired) electrons. The van der Waals surface area contributed by atoms with Crippen LogP contribution in [-0.4, -0.2) is 28.7 Å². The van der Waals surface area contributed by atoms with Gasteiger partial charge in [0, 0.05) is 12.1 Å². The quantitative estimate of drug-likeness (QED) is 0.601. The molecule has 1 aromatic rings. The summed E-state index contributed by atoms with van der Waals surface area (Å²) in [7, 11) is 0. The summed E-state index contributed by atoms with van der Waals surface area (Å²) >= 11 is 0. The van der Waals surface area contributed by atoms with Crippen LogP contribution in [0.15, 0.2) is 18.2 Å². The Morgan fingerprint density at radius 3 is 2.75 bits per heavy atom. The molecular formula is C11H16N2O3. The van der Waals surface area contributed by atoms with Crippen molar-refractivity contribution >= 4 is 5.91 Å². The van der Waals surface area contributed by atoms with Gasteiger partial charge in [-0.2, -0.15) is 0 Å². The molecule has 1 atom stereocenters. The van der Waals surface area contributed by atoms with Gasteiger partial charge in [-0.15, -0.1) is 0 Å². The van der Waals surface area contributed by atoms with E-state index in [4.69, 9.17) is 10.8 Å². The lowest BCUT2D eigenvalue weighted by molar-refractivity contribution is 0.0936. The number of hydrogen-bond acceptors (Lipinski definition) is 4. The van der Waals surface area contributed by atoms with Crippen molar-refractivity contribution in [2.75, 3.05) is 6.54 Å². The third-order valence-corrected chi connectivity index (χ3v) is 2.20. The fourth-order valence-electron chi connectivity index (χ4n) is 1.34. The Kier molecular flexibility index (Phi) is 4.13. The van der Waals surface area contributed by atoms with Crippen LogP contribution in [0.2, 0.25) is 0 Å². The van der Waals surface area contributed by atoms with Gasteiger partial charge < -0.3 is 21.3 Å².